The summed E-state index contributed by atoms with van der Waals surface area (Å²) >= 11 is 0. The molecule has 0 aromatic heterocycles. The van der Waals surface area contributed by atoms with E-state index in [1.807, 2.05) is 60.7 Å². The van der Waals surface area contributed by atoms with Gasteiger partial charge in [-0.2, -0.15) is 0 Å². The number of benzene rings is 2. The average molecular weight is 426 g/mol. The highest BCUT2D eigenvalue weighted by Crippen LogP contribution is 2.25. The molecule has 1 aliphatic rings. The van der Waals surface area contributed by atoms with E-state index < -0.39 is 36.9 Å². The Morgan fingerprint density at radius 1 is 1.16 bits per heavy atom. The number of carbonyl (C=O) groups is 2. The molecule has 1 heterocycles. The average Bonchev–Trinajstić information content (AvgIpc) is 2.80. The molecule has 162 valence electrons. The normalized spacial score (nSPS) is 18.9. The monoisotopic (exact) mass is 426 g/mol. The third kappa shape index (κ3) is 5.96. The molecule has 1 amide bonds. The predicted octanol–water partition coefficient (Wildman–Crippen LogP) is 4.55. The molecule has 2 unspecified atom stereocenters. The molecule has 3 rings (SSSR count). The molecule has 9 heteroatoms. The van der Waals surface area contributed by atoms with E-state index >= 15 is 0 Å². The summed E-state index contributed by atoms with van der Waals surface area (Å²) in [7, 11) is 0. The minimum atomic E-state index is -1.03. The van der Waals surface area contributed by atoms with Crippen molar-refractivity contribution in [2.75, 3.05) is 6.67 Å². The van der Waals surface area contributed by atoms with Crippen LogP contribution >= 0.6 is 0 Å². The second-order valence-electron chi connectivity index (χ2n) is 7.15. The summed E-state index contributed by atoms with van der Waals surface area (Å²) in [4.78, 5) is 29.0. The second kappa shape index (κ2) is 11.0. The molecule has 0 N–H and O–H groups in total. The van der Waals surface area contributed by atoms with Gasteiger partial charge in [0.2, 0.25) is 0 Å². The summed E-state index contributed by atoms with van der Waals surface area (Å²) < 4.78 is 24.9. The first-order valence-corrected chi connectivity index (χ1v) is 9.94. The van der Waals surface area contributed by atoms with Gasteiger partial charge in [-0.1, -0.05) is 65.8 Å². The van der Waals surface area contributed by atoms with Crippen molar-refractivity contribution < 1.29 is 23.5 Å². The largest absolute Gasteiger partial charge is 0.460 e. The van der Waals surface area contributed by atoms with E-state index in [0.717, 1.165) is 11.1 Å². The van der Waals surface area contributed by atoms with Crippen LogP contribution in [0.15, 0.2) is 65.8 Å². The summed E-state index contributed by atoms with van der Waals surface area (Å²) in [5, 5.41) is 3.40. The van der Waals surface area contributed by atoms with Gasteiger partial charge in [-0.3, -0.25) is 9.69 Å². The first-order valence-electron chi connectivity index (χ1n) is 9.94. The van der Waals surface area contributed by atoms with Crippen molar-refractivity contribution >= 4 is 12.1 Å². The van der Waals surface area contributed by atoms with Gasteiger partial charge in [0.05, 0.1) is 0 Å². The molecule has 0 aliphatic carbocycles. The highest BCUT2D eigenvalue weighted by molar-refractivity contribution is 5.77. The Morgan fingerprint density at radius 2 is 1.81 bits per heavy atom. The van der Waals surface area contributed by atoms with Crippen LogP contribution in [0.2, 0.25) is 0 Å². The van der Waals surface area contributed by atoms with Crippen molar-refractivity contribution in [2.24, 2.45) is 5.11 Å². The zero-order chi connectivity index (χ0) is 22.1. The summed E-state index contributed by atoms with van der Waals surface area (Å²) in [6, 6.07) is 16.3. The summed E-state index contributed by atoms with van der Waals surface area (Å²) in [6.07, 6.45) is -1.08. The van der Waals surface area contributed by atoms with Gasteiger partial charge >= 0.3 is 12.1 Å². The van der Waals surface area contributed by atoms with E-state index in [1.165, 1.54) is 4.90 Å². The lowest BCUT2D eigenvalue weighted by molar-refractivity contribution is -0.160. The lowest BCUT2D eigenvalue weighted by Crippen LogP contribution is -2.52. The first-order chi connectivity index (χ1) is 15.1. The van der Waals surface area contributed by atoms with Gasteiger partial charge in [-0.25, -0.2) is 9.18 Å². The Hall–Kier alpha value is -3.58. The number of hydrogen-bond donors (Lipinski definition) is 0. The third-order valence-electron chi connectivity index (χ3n) is 5.08. The van der Waals surface area contributed by atoms with E-state index in [0.29, 0.717) is 0 Å². The molecular weight excluding hydrogens is 403 g/mol. The lowest BCUT2D eigenvalue weighted by atomic mass is 9.98. The van der Waals surface area contributed by atoms with Gasteiger partial charge in [0.25, 0.3) is 0 Å². The summed E-state index contributed by atoms with van der Waals surface area (Å²) in [5.41, 5.74) is 10.1. The van der Waals surface area contributed by atoms with Crippen LogP contribution in [0.5, 0.6) is 0 Å². The Bertz CT molecular complexity index is 922. The van der Waals surface area contributed by atoms with Gasteiger partial charge in [0.1, 0.15) is 31.5 Å². The molecule has 3 atom stereocenters. The molecule has 31 heavy (non-hydrogen) atoms. The van der Waals surface area contributed by atoms with Crippen LogP contribution in [0.3, 0.4) is 0 Å². The Morgan fingerprint density at radius 3 is 2.39 bits per heavy atom. The molecule has 2 aromatic rings. The van der Waals surface area contributed by atoms with Crippen molar-refractivity contribution in [3.8, 4) is 0 Å². The molecule has 2 aromatic carbocycles. The minimum Gasteiger partial charge on any atom is -0.460 e. The molecule has 8 nitrogen and oxygen atoms in total. The fourth-order valence-electron chi connectivity index (χ4n) is 3.45. The Kier molecular flexibility index (Phi) is 7.84. The number of cyclic esters (lactones) is 1. The van der Waals surface area contributed by atoms with Gasteiger partial charge < -0.3 is 9.47 Å². The number of rotatable bonds is 8. The fraction of sp³-hybridized carbons (Fsp3) is 0.364. The summed E-state index contributed by atoms with van der Waals surface area (Å²) in [5.74, 6) is -0.718. The highest BCUT2D eigenvalue weighted by atomic mass is 19.1. The quantitative estimate of drug-likeness (QED) is 0.267. The fourth-order valence-corrected chi connectivity index (χ4v) is 3.45. The Balaban J connectivity index is 1.77. The molecule has 1 saturated heterocycles. The number of alkyl halides is 1. The zero-order valence-corrected chi connectivity index (χ0v) is 16.8. The van der Waals surface area contributed by atoms with Crippen molar-refractivity contribution in [1.29, 1.82) is 0 Å². The highest BCUT2D eigenvalue weighted by Gasteiger charge is 2.39. The van der Waals surface area contributed by atoms with Gasteiger partial charge in [-0.05, 0) is 29.5 Å². The van der Waals surface area contributed by atoms with Crippen molar-refractivity contribution in [2.45, 2.75) is 44.2 Å². The molecule has 0 bridgehead atoms. The molecule has 0 saturated carbocycles. The number of hydrogen-bond acceptors (Lipinski definition) is 5. The number of carbonyl (C=O) groups excluding carboxylic acids is 2. The minimum absolute atomic E-state index is 0.0351. The maximum atomic E-state index is 14.2. The van der Waals surface area contributed by atoms with Crippen LogP contribution in [0.1, 0.15) is 24.0 Å². The van der Waals surface area contributed by atoms with Crippen LogP contribution in [-0.4, -0.2) is 41.8 Å². The molecule has 0 spiro atoms. The van der Waals surface area contributed by atoms with Gasteiger partial charge in [0.15, 0.2) is 0 Å². The van der Waals surface area contributed by atoms with E-state index in [4.69, 9.17) is 15.0 Å². The topological polar surface area (TPSA) is 105 Å². The van der Waals surface area contributed by atoms with Crippen LogP contribution in [-0.2, 0) is 27.4 Å². The number of azide groups is 1. The smallest absolute Gasteiger partial charge is 0.410 e. The van der Waals surface area contributed by atoms with Crippen molar-refractivity contribution in [3.05, 3.63) is 82.2 Å². The number of ether oxygens (including phenoxy) is 2. The van der Waals surface area contributed by atoms with Crippen LogP contribution in [0.25, 0.3) is 10.4 Å². The van der Waals surface area contributed by atoms with E-state index in [9.17, 15) is 14.0 Å². The number of nitrogens with zero attached hydrogens (tertiary/aromatic N) is 4. The van der Waals surface area contributed by atoms with E-state index in [1.54, 1.807) is 0 Å². The number of halogens is 1. The van der Waals surface area contributed by atoms with Crippen LogP contribution in [0.4, 0.5) is 9.18 Å². The zero-order valence-electron chi connectivity index (χ0n) is 16.8. The number of amides is 1. The van der Waals surface area contributed by atoms with E-state index in [-0.39, 0.29) is 26.0 Å². The molecule has 0 radical (unpaired) electrons. The summed E-state index contributed by atoms with van der Waals surface area (Å²) in [6.45, 7) is -0.790. The van der Waals surface area contributed by atoms with Gasteiger partial charge in [0, 0.05) is 11.5 Å². The first kappa shape index (κ1) is 22.1. The third-order valence-corrected chi connectivity index (χ3v) is 5.08. The van der Waals surface area contributed by atoms with Crippen molar-refractivity contribution in [3.63, 3.8) is 0 Å². The Labute approximate surface area is 179 Å². The lowest BCUT2D eigenvalue weighted by Gasteiger charge is -2.37. The molecular formula is C22H23FN4O4. The van der Waals surface area contributed by atoms with Crippen LogP contribution < -0.4 is 0 Å². The molecule has 1 fully saturated rings. The van der Waals surface area contributed by atoms with E-state index in [2.05, 4.69) is 10.0 Å². The maximum absolute atomic E-state index is 14.2. The predicted molar refractivity (Wildman–Crippen MR) is 110 cm³/mol. The standard InChI is InChI=1S/C22H23FN4O4/c23-13-19(20-12-11-18(25-26-24)21(28)31-20)27(14-16-7-3-1-4-8-16)22(29)30-15-17-9-5-2-6-10-17/h1-10,18-20H,11-15H2/t18?,19-,20?/m1/s1. The van der Waals surface area contributed by atoms with Gasteiger partial charge in [-0.15, -0.1) is 0 Å². The molecule has 1 aliphatic heterocycles. The van der Waals surface area contributed by atoms with Crippen molar-refractivity contribution in [1.82, 2.24) is 4.90 Å². The number of esters is 1. The SMILES string of the molecule is [N-]=[N+]=NC1CCC([C@@H](CF)N(Cc2ccccc2)C(=O)OCc2ccccc2)OC1=O. The van der Waals surface area contributed by atoms with Crippen LogP contribution in [0, 0.1) is 0 Å². The maximum Gasteiger partial charge on any atom is 0.410 e. The second-order valence-corrected chi connectivity index (χ2v) is 7.15.